The molecule has 1 aromatic carbocycles. The quantitative estimate of drug-likeness (QED) is 0.516. The lowest BCUT2D eigenvalue weighted by atomic mass is 10.3. The van der Waals surface area contributed by atoms with Gasteiger partial charge < -0.3 is 4.52 Å². The fourth-order valence-electron chi connectivity index (χ4n) is 0.937. The Balaban J connectivity index is 0.000000845. The molecule has 0 bridgehead atoms. The predicted octanol–water partition coefficient (Wildman–Crippen LogP) is 1.55. The maximum atomic E-state index is 10.4. The first-order valence-corrected chi connectivity index (χ1v) is 3.14. The van der Waals surface area contributed by atoms with Gasteiger partial charge in [0.25, 0.3) is 0 Å². The highest BCUT2D eigenvalue weighted by Crippen LogP contribution is 2.21. The van der Waals surface area contributed by atoms with Crippen molar-refractivity contribution in [3.63, 3.8) is 0 Å². The first-order chi connectivity index (χ1) is 5.79. The summed E-state index contributed by atoms with van der Waals surface area (Å²) >= 11 is 0. The average Bonchev–Trinajstić information content (AvgIpc) is 2.49. The maximum absolute atomic E-state index is 10.4. The minimum absolute atomic E-state index is 0. The molecule has 0 fully saturated rings. The molecule has 0 aliphatic carbocycles. The topological polar surface area (TPSA) is 82.1 Å². The van der Waals surface area contributed by atoms with E-state index < -0.39 is 4.92 Å². The summed E-state index contributed by atoms with van der Waals surface area (Å²) < 4.78 is 4.64. The van der Waals surface area contributed by atoms with Crippen LogP contribution in [0.2, 0.25) is 0 Å². The zero-order chi connectivity index (χ0) is 8.55. The van der Waals surface area contributed by atoms with Gasteiger partial charge in [-0.15, -0.1) is 17.5 Å². The molecule has 7 heteroatoms. The van der Waals surface area contributed by atoms with Crippen LogP contribution in [0.5, 0.6) is 0 Å². The number of nitrogens with zero attached hydrogens (tertiary/aromatic N) is 3. The molecule has 0 saturated heterocycles. The van der Waals surface area contributed by atoms with Crippen molar-refractivity contribution in [2.45, 2.75) is 0 Å². The van der Waals surface area contributed by atoms with E-state index in [1.165, 1.54) is 12.1 Å². The van der Waals surface area contributed by atoms with E-state index in [9.17, 15) is 10.1 Å². The number of non-ortho nitro benzene ring substituents is 1. The molecule has 0 aliphatic heterocycles. The number of nitro benzene ring substituents is 1. The minimum atomic E-state index is -0.521. The van der Waals surface area contributed by atoms with Gasteiger partial charge in [0.2, 0.25) is 5.52 Å². The average molecular weight is 202 g/mol. The maximum Gasteiger partial charge on any atom is 0.300 e. The summed E-state index contributed by atoms with van der Waals surface area (Å²) in [7, 11) is 0. The summed E-state index contributed by atoms with van der Waals surface area (Å²) in [5.74, 6) is 0. The van der Waals surface area contributed by atoms with Gasteiger partial charge in [0.15, 0.2) is 5.58 Å². The van der Waals surface area contributed by atoms with Crippen molar-refractivity contribution in [2.24, 2.45) is 0 Å². The molecule has 0 N–H and O–H groups in total. The molecule has 0 unspecified atom stereocenters. The molecule has 1 aromatic heterocycles. The Morgan fingerprint density at radius 3 is 2.92 bits per heavy atom. The summed E-state index contributed by atoms with van der Waals surface area (Å²) in [6.07, 6.45) is 0. The van der Waals surface area contributed by atoms with Crippen molar-refractivity contribution in [1.82, 2.24) is 10.4 Å². The molecule has 0 amide bonds. The van der Waals surface area contributed by atoms with Crippen LogP contribution in [-0.4, -0.2) is 15.3 Å². The van der Waals surface area contributed by atoms with E-state index in [2.05, 4.69) is 14.9 Å². The number of halogens is 1. The van der Waals surface area contributed by atoms with Gasteiger partial charge in [-0.25, -0.2) is 0 Å². The predicted molar refractivity (Wildman–Crippen MR) is 45.7 cm³/mol. The highest BCUT2D eigenvalue weighted by Gasteiger charge is 2.14. The van der Waals surface area contributed by atoms with Crippen LogP contribution in [0, 0.1) is 10.1 Å². The van der Waals surface area contributed by atoms with Crippen LogP contribution in [0.3, 0.4) is 0 Å². The summed E-state index contributed by atoms with van der Waals surface area (Å²) in [4.78, 5) is 9.89. The van der Waals surface area contributed by atoms with Crippen molar-refractivity contribution in [2.75, 3.05) is 0 Å². The largest absolute Gasteiger partial charge is 0.337 e. The third kappa shape index (κ3) is 1.43. The van der Waals surface area contributed by atoms with Gasteiger partial charge in [0.1, 0.15) is 0 Å². The van der Waals surface area contributed by atoms with E-state index >= 15 is 0 Å². The molecule has 2 rings (SSSR count). The van der Waals surface area contributed by atoms with Crippen LogP contribution in [0.1, 0.15) is 0 Å². The van der Waals surface area contributed by atoms with Crippen LogP contribution in [-0.2, 0) is 0 Å². The van der Waals surface area contributed by atoms with Gasteiger partial charge in [0, 0.05) is 11.3 Å². The molecule has 68 valence electrons. The standard InChI is InChI=1S/C6H3N3O3.ClH/c10-9(11)4-2-1-3-5-6(4)7-8-12-5;/h1-3H;1H. The molecular formula is C6H4ClN3O3. The molecule has 0 atom stereocenters. The van der Waals surface area contributed by atoms with Crippen molar-refractivity contribution in [3.05, 3.63) is 28.3 Å². The fourth-order valence-corrected chi connectivity index (χ4v) is 0.937. The third-order valence-corrected chi connectivity index (χ3v) is 1.45. The molecule has 2 aromatic rings. The number of fused-ring (bicyclic) bond motifs is 1. The van der Waals surface area contributed by atoms with Crippen molar-refractivity contribution >= 4 is 29.2 Å². The van der Waals surface area contributed by atoms with Crippen LogP contribution in [0.4, 0.5) is 5.69 Å². The Morgan fingerprint density at radius 1 is 1.46 bits per heavy atom. The number of benzene rings is 1. The van der Waals surface area contributed by atoms with Crippen molar-refractivity contribution in [1.29, 1.82) is 0 Å². The molecule has 0 aliphatic rings. The first-order valence-electron chi connectivity index (χ1n) is 3.14. The molecular weight excluding hydrogens is 198 g/mol. The van der Waals surface area contributed by atoms with Crippen LogP contribution in [0.25, 0.3) is 11.1 Å². The minimum Gasteiger partial charge on any atom is -0.337 e. The van der Waals surface area contributed by atoms with Gasteiger partial charge in [-0.2, -0.15) is 0 Å². The van der Waals surface area contributed by atoms with E-state index in [-0.39, 0.29) is 23.6 Å². The second-order valence-electron chi connectivity index (χ2n) is 2.15. The molecule has 0 radical (unpaired) electrons. The lowest BCUT2D eigenvalue weighted by Gasteiger charge is -1.87. The second kappa shape index (κ2) is 3.36. The Morgan fingerprint density at radius 2 is 2.23 bits per heavy atom. The molecule has 0 spiro atoms. The Labute approximate surface area is 78.1 Å². The number of aromatic nitrogens is 2. The lowest BCUT2D eigenvalue weighted by Crippen LogP contribution is -1.88. The SMILES string of the molecule is Cl.O=[N+]([O-])c1cccc2onnc12. The molecule has 13 heavy (non-hydrogen) atoms. The van der Waals surface area contributed by atoms with E-state index in [0.717, 1.165) is 0 Å². The zero-order valence-electron chi connectivity index (χ0n) is 6.21. The van der Waals surface area contributed by atoms with E-state index in [1.807, 2.05) is 0 Å². The summed E-state index contributed by atoms with van der Waals surface area (Å²) in [5, 5.41) is 17.1. The molecule has 0 saturated carbocycles. The second-order valence-corrected chi connectivity index (χ2v) is 2.15. The van der Waals surface area contributed by atoms with Crippen LogP contribution < -0.4 is 0 Å². The van der Waals surface area contributed by atoms with Gasteiger partial charge in [-0.1, -0.05) is 6.07 Å². The Hall–Kier alpha value is -1.69. The third-order valence-electron chi connectivity index (χ3n) is 1.45. The Bertz CT molecular complexity index is 441. The lowest BCUT2D eigenvalue weighted by molar-refractivity contribution is -0.383. The number of hydrogen-bond acceptors (Lipinski definition) is 5. The first kappa shape index (κ1) is 9.40. The van der Waals surface area contributed by atoms with E-state index in [1.54, 1.807) is 6.07 Å². The smallest absolute Gasteiger partial charge is 0.300 e. The highest BCUT2D eigenvalue weighted by molar-refractivity contribution is 5.85. The normalized spacial score (nSPS) is 9.54. The van der Waals surface area contributed by atoms with Crippen molar-refractivity contribution in [3.8, 4) is 0 Å². The number of rotatable bonds is 1. The van der Waals surface area contributed by atoms with Crippen molar-refractivity contribution < 1.29 is 9.45 Å². The Kier molecular flexibility index (Phi) is 2.43. The van der Waals surface area contributed by atoms with Gasteiger partial charge >= 0.3 is 5.69 Å². The summed E-state index contributed by atoms with van der Waals surface area (Å²) in [5.41, 5.74) is 0.417. The van der Waals surface area contributed by atoms with Crippen LogP contribution >= 0.6 is 12.4 Å². The van der Waals surface area contributed by atoms with Gasteiger partial charge in [0.05, 0.1) is 4.92 Å². The summed E-state index contributed by atoms with van der Waals surface area (Å²) in [6, 6.07) is 4.45. The zero-order valence-corrected chi connectivity index (χ0v) is 7.02. The number of nitro groups is 1. The van der Waals surface area contributed by atoms with Gasteiger partial charge in [-0.05, 0) is 6.07 Å². The van der Waals surface area contributed by atoms with E-state index in [0.29, 0.717) is 5.58 Å². The van der Waals surface area contributed by atoms with E-state index in [4.69, 9.17) is 0 Å². The van der Waals surface area contributed by atoms with Crippen LogP contribution in [0.15, 0.2) is 22.7 Å². The summed E-state index contributed by atoms with van der Waals surface area (Å²) in [6.45, 7) is 0. The van der Waals surface area contributed by atoms with Gasteiger partial charge in [-0.3, -0.25) is 10.1 Å². The number of hydrogen-bond donors (Lipinski definition) is 0. The molecule has 1 heterocycles. The monoisotopic (exact) mass is 201 g/mol. The molecule has 6 nitrogen and oxygen atoms in total. The highest BCUT2D eigenvalue weighted by atomic mass is 35.5. The fraction of sp³-hybridized carbons (Fsp3) is 0.